The topological polar surface area (TPSA) is 54.0 Å². The summed E-state index contributed by atoms with van der Waals surface area (Å²) in [7, 11) is 0. The molecule has 1 heterocycles. The number of benzene rings is 3. The molecule has 0 unspecified atom stereocenters. The van der Waals surface area contributed by atoms with Gasteiger partial charge in [-0.2, -0.15) is 0 Å². The van der Waals surface area contributed by atoms with Crippen molar-refractivity contribution in [3.63, 3.8) is 0 Å². The maximum absolute atomic E-state index is 13.8. The number of nitrogens with one attached hydrogen (secondary N) is 2. The molecule has 0 bridgehead atoms. The molecule has 0 radical (unpaired) electrons. The van der Waals surface area contributed by atoms with E-state index >= 15 is 0 Å². The van der Waals surface area contributed by atoms with Crippen LogP contribution in [0, 0.1) is 12.7 Å². The Hall–Kier alpha value is -3.51. The molecule has 0 spiro atoms. The lowest BCUT2D eigenvalue weighted by atomic mass is 10.1. The van der Waals surface area contributed by atoms with E-state index in [-0.39, 0.29) is 11.7 Å². The number of carbonyl (C=O) groups is 1. The molecular formula is C23H18FN3OS. The van der Waals surface area contributed by atoms with Crippen molar-refractivity contribution in [2.45, 2.75) is 6.92 Å². The Kier molecular flexibility index (Phi) is 5.35. The highest BCUT2D eigenvalue weighted by molar-refractivity contribution is 7.14. The molecular weight excluding hydrogens is 385 g/mol. The van der Waals surface area contributed by atoms with Gasteiger partial charge >= 0.3 is 0 Å². The fourth-order valence-electron chi connectivity index (χ4n) is 2.81. The second-order valence-electron chi connectivity index (χ2n) is 6.54. The standard InChI is InChI=1S/C23H18FN3OS/c1-15-9-11-16(12-10-15)22(28)25-18-6-4-5-17(13-18)21-14-29-23(27-21)26-20-8-3-2-7-19(20)24/h2-14H,1H3,(H,25,28)(H,26,27). The van der Waals surface area contributed by atoms with Crippen LogP contribution in [-0.4, -0.2) is 10.9 Å². The average molecular weight is 403 g/mol. The molecule has 0 fully saturated rings. The molecule has 2 N–H and O–H groups in total. The molecule has 0 aliphatic heterocycles. The first-order valence-electron chi connectivity index (χ1n) is 9.04. The first-order valence-corrected chi connectivity index (χ1v) is 9.92. The highest BCUT2D eigenvalue weighted by atomic mass is 32.1. The van der Waals surface area contributed by atoms with E-state index < -0.39 is 0 Å². The summed E-state index contributed by atoms with van der Waals surface area (Å²) in [6.07, 6.45) is 0. The van der Waals surface area contributed by atoms with E-state index in [1.165, 1.54) is 17.4 Å². The third-order valence-corrected chi connectivity index (χ3v) is 5.11. The molecule has 1 amide bonds. The van der Waals surface area contributed by atoms with Gasteiger partial charge in [0.2, 0.25) is 0 Å². The predicted molar refractivity (Wildman–Crippen MR) is 116 cm³/mol. The number of para-hydroxylation sites is 1. The molecule has 3 aromatic carbocycles. The summed E-state index contributed by atoms with van der Waals surface area (Å²) in [5, 5.41) is 8.40. The van der Waals surface area contributed by atoms with Crippen LogP contribution in [0.5, 0.6) is 0 Å². The summed E-state index contributed by atoms with van der Waals surface area (Å²) in [5.41, 5.74) is 4.39. The normalized spacial score (nSPS) is 10.6. The van der Waals surface area contributed by atoms with Gasteiger partial charge < -0.3 is 10.6 Å². The molecule has 1 aromatic heterocycles. The summed E-state index contributed by atoms with van der Waals surface area (Å²) in [5.74, 6) is -0.493. The average Bonchev–Trinajstić information content (AvgIpc) is 3.19. The van der Waals surface area contributed by atoms with Gasteiger partial charge in [-0.3, -0.25) is 4.79 Å². The molecule has 4 nitrogen and oxygen atoms in total. The fourth-order valence-corrected chi connectivity index (χ4v) is 3.54. The lowest BCUT2D eigenvalue weighted by Gasteiger charge is -2.07. The number of hydrogen-bond acceptors (Lipinski definition) is 4. The van der Waals surface area contributed by atoms with E-state index in [4.69, 9.17) is 0 Å². The van der Waals surface area contributed by atoms with Crippen molar-refractivity contribution in [1.29, 1.82) is 0 Å². The molecule has 0 atom stereocenters. The number of amides is 1. The Balaban J connectivity index is 1.50. The van der Waals surface area contributed by atoms with E-state index in [0.717, 1.165) is 16.8 Å². The van der Waals surface area contributed by atoms with Crippen LogP contribution in [0.3, 0.4) is 0 Å². The van der Waals surface area contributed by atoms with Crippen LogP contribution in [-0.2, 0) is 0 Å². The van der Waals surface area contributed by atoms with Crippen LogP contribution in [0.4, 0.5) is 20.9 Å². The number of halogens is 1. The number of nitrogens with zero attached hydrogens (tertiary/aromatic N) is 1. The Morgan fingerprint density at radius 2 is 1.79 bits per heavy atom. The van der Waals surface area contributed by atoms with Gasteiger partial charge in [0.05, 0.1) is 11.4 Å². The first-order chi connectivity index (χ1) is 14.1. The summed E-state index contributed by atoms with van der Waals surface area (Å²) in [4.78, 5) is 17.0. The van der Waals surface area contributed by atoms with Gasteiger partial charge in [0.15, 0.2) is 5.13 Å². The number of anilines is 3. The van der Waals surface area contributed by atoms with E-state index in [1.807, 2.05) is 48.7 Å². The van der Waals surface area contributed by atoms with Gasteiger partial charge in [-0.25, -0.2) is 9.37 Å². The number of aryl methyl sites for hydroxylation is 1. The minimum atomic E-state index is -0.329. The van der Waals surface area contributed by atoms with Crippen molar-refractivity contribution in [2.75, 3.05) is 10.6 Å². The lowest BCUT2D eigenvalue weighted by Crippen LogP contribution is -2.11. The lowest BCUT2D eigenvalue weighted by molar-refractivity contribution is 0.102. The summed E-state index contributed by atoms with van der Waals surface area (Å²) < 4.78 is 13.8. The van der Waals surface area contributed by atoms with Crippen LogP contribution in [0.25, 0.3) is 11.3 Å². The van der Waals surface area contributed by atoms with E-state index in [1.54, 1.807) is 30.3 Å². The highest BCUT2D eigenvalue weighted by Gasteiger charge is 2.10. The van der Waals surface area contributed by atoms with Gasteiger partial charge in [-0.1, -0.05) is 42.0 Å². The van der Waals surface area contributed by atoms with Crippen molar-refractivity contribution >= 4 is 33.8 Å². The minimum absolute atomic E-state index is 0.165. The second kappa shape index (κ2) is 8.24. The number of rotatable bonds is 5. The van der Waals surface area contributed by atoms with Crippen molar-refractivity contribution in [3.05, 3.63) is 95.1 Å². The van der Waals surface area contributed by atoms with Crippen molar-refractivity contribution in [2.24, 2.45) is 0 Å². The van der Waals surface area contributed by atoms with Crippen molar-refractivity contribution in [3.8, 4) is 11.3 Å². The molecule has 0 aliphatic carbocycles. The molecule has 0 aliphatic rings. The molecule has 0 saturated heterocycles. The van der Waals surface area contributed by atoms with E-state index in [0.29, 0.717) is 22.1 Å². The monoisotopic (exact) mass is 403 g/mol. The highest BCUT2D eigenvalue weighted by Crippen LogP contribution is 2.29. The summed E-state index contributed by atoms with van der Waals surface area (Å²) in [6.45, 7) is 1.98. The molecule has 6 heteroatoms. The van der Waals surface area contributed by atoms with Crippen LogP contribution in [0.15, 0.2) is 78.2 Å². The largest absolute Gasteiger partial charge is 0.329 e. The number of thiazole rings is 1. The van der Waals surface area contributed by atoms with Crippen LogP contribution in [0.1, 0.15) is 15.9 Å². The molecule has 0 saturated carbocycles. The Morgan fingerprint density at radius 1 is 1.00 bits per heavy atom. The van der Waals surface area contributed by atoms with Gasteiger partial charge in [0.25, 0.3) is 5.91 Å². The zero-order valence-electron chi connectivity index (χ0n) is 15.6. The van der Waals surface area contributed by atoms with Gasteiger partial charge in [-0.15, -0.1) is 11.3 Å². The van der Waals surface area contributed by atoms with E-state index in [9.17, 15) is 9.18 Å². The maximum atomic E-state index is 13.8. The third kappa shape index (κ3) is 4.50. The molecule has 4 rings (SSSR count). The van der Waals surface area contributed by atoms with Crippen LogP contribution < -0.4 is 10.6 Å². The van der Waals surface area contributed by atoms with Crippen LogP contribution in [0.2, 0.25) is 0 Å². The Labute approximate surface area is 172 Å². The fraction of sp³-hybridized carbons (Fsp3) is 0.0435. The SMILES string of the molecule is Cc1ccc(C(=O)Nc2cccc(-c3csc(Nc4ccccc4F)n3)c2)cc1. The zero-order valence-corrected chi connectivity index (χ0v) is 16.5. The maximum Gasteiger partial charge on any atom is 0.255 e. The summed E-state index contributed by atoms with van der Waals surface area (Å²) in [6, 6.07) is 21.4. The number of hydrogen-bond donors (Lipinski definition) is 2. The Morgan fingerprint density at radius 3 is 2.59 bits per heavy atom. The second-order valence-corrected chi connectivity index (χ2v) is 7.40. The quantitative estimate of drug-likeness (QED) is 0.414. The van der Waals surface area contributed by atoms with Crippen molar-refractivity contribution < 1.29 is 9.18 Å². The van der Waals surface area contributed by atoms with Crippen molar-refractivity contribution in [1.82, 2.24) is 4.98 Å². The Bertz CT molecular complexity index is 1150. The molecule has 4 aromatic rings. The molecule has 29 heavy (non-hydrogen) atoms. The summed E-state index contributed by atoms with van der Waals surface area (Å²) >= 11 is 1.39. The zero-order chi connectivity index (χ0) is 20.2. The molecule has 144 valence electrons. The first kappa shape index (κ1) is 18.8. The number of aromatic nitrogens is 1. The predicted octanol–water partition coefficient (Wildman–Crippen LogP) is 6.25. The smallest absolute Gasteiger partial charge is 0.255 e. The van der Waals surface area contributed by atoms with Gasteiger partial charge in [0, 0.05) is 22.2 Å². The van der Waals surface area contributed by atoms with E-state index in [2.05, 4.69) is 15.6 Å². The van der Waals surface area contributed by atoms with Gasteiger partial charge in [-0.05, 0) is 43.3 Å². The van der Waals surface area contributed by atoms with Crippen LogP contribution >= 0.6 is 11.3 Å². The number of carbonyl (C=O) groups excluding carboxylic acids is 1. The minimum Gasteiger partial charge on any atom is -0.329 e. The van der Waals surface area contributed by atoms with Gasteiger partial charge in [0.1, 0.15) is 5.82 Å². The third-order valence-electron chi connectivity index (χ3n) is 4.35.